The molecule has 2 aliphatic heterocycles. The maximum absolute atomic E-state index is 10.7. The minimum absolute atomic E-state index is 0.106. The van der Waals surface area contributed by atoms with E-state index in [1.54, 1.807) is 34.5 Å². The smallest absolute Gasteiger partial charge is 0.169 e. The molecular weight excluding hydrogens is 568 g/mol. The number of nitrogens with one attached hydrogen (secondary N) is 1. The lowest BCUT2D eigenvalue weighted by Crippen LogP contribution is -2.33. The van der Waals surface area contributed by atoms with Gasteiger partial charge in [-0.25, -0.2) is 0 Å². The molecule has 0 saturated heterocycles. The van der Waals surface area contributed by atoms with Crippen LogP contribution in [0.3, 0.4) is 0 Å². The van der Waals surface area contributed by atoms with E-state index < -0.39 is 0 Å². The zero-order chi connectivity index (χ0) is 31.5. The van der Waals surface area contributed by atoms with Crippen molar-refractivity contribution in [2.75, 3.05) is 48.6 Å². The zero-order valence-corrected chi connectivity index (χ0v) is 26.7. The Bertz CT molecular complexity index is 1650. The first kappa shape index (κ1) is 30.6. The van der Waals surface area contributed by atoms with Crippen LogP contribution in [0.15, 0.2) is 66.7 Å². The van der Waals surface area contributed by atoms with Crippen LogP contribution in [0, 0.1) is 0 Å². The summed E-state index contributed by atoms with van der Waals surface area (Å²) in [5.41, 5.74) is 7.30. The van der Waals surface area contributed by atoms with Crippen LogP contribution >= 0.6 is 0 Å². The van der Waals surface area contributed by atoms with Crippen molar-refractivity contribution in [1.82, 2.24) is 10.2 Å². The number of likely N-dealkylation sites (N-methyl/N-ethyl adjacent to an activating group) is 1. The van der Waals surface area contributed by atoms with Gasteiger partial charge in [0, 0.05) is 18.6 Å². The third-order valence-corrected chi connectivity index (χ3v) is 9.12. The van der Waals surface area contributed by atoms with Crippen LogP contribution in [0.2, 0.25) is 0 Å². The summed E-state index contributed by atoms with van der Waals surface area (Å²) in [7, 11) is 8.86. The lowest BCUT2D eigenvalue weighted by molar-refractivity contribution is 0.228. The molecule has 0 bridgehead atoms. The average Bonchev–Trinajstić information content (AvgIpc) is 3.07. The minimum atomic E-state index is 0.106. The van der Waals surface area contributed by atoms with Gasteiger partial charge in [-0.1, -0.05) is 18.2 Å². The third-order valence-electron chi connectivity index (χ3n) is 9.12. The van der Waals surface area contributed by atoms with Gasteiger partial charge in [-0.2, -0.15) is 0 Å². The van der Waals surface area contributed by atoms with E-state index >= 15 is 0 Å². The molecule has 8 heteroatoms. The molecule has 2 unspecified atom stereocenters. The summed E-state index contributed by atoms with van der Waals surface area (Å²) in [5.74, 6) is 4.22. The number of phenols is 1. The third kappa shape index (κ3) is 6.39. The Hall–Kier alpha value is -4.40. The molecular formula is C37H42N2O6. The maximum Gasteiger partial charge on any atom is 0.169 e. The molecule has 0 amide bonds. The van der Waals surface area contributed by atoms with Crippen molar-refractivity contribution < 1.29 is 28.8 Å². The molecule has 2 N–H and O–H groups in total. The van der Waals surface area contributed by atoms with Crippen LogP contribution in [0.4, 0.5) is 0 Å². The molecule has 8 nitrogen and oxygen atoms in total. The number of hydrogen-bond acceptors (Lipinski definition) is 8. The van der Waals surface area contributed by atoms with E-state index in [0.717, 1.165) is 67.3 Å². The van der Waals surface area contributed by atoms with Crippen molar-refractivity contribution in [1.29, 1.82) is 0 Å². The first-order valence-corrected chi connectivity index (χ1v) is 15.4. The summed E-state index contributed by atoms with van der Waals surface area (Å²) in [6.07, 6.45) is 3.50. The molecule has 2 aliphatic rings. The predicted octanol–water partition coefficient (Wildman–Crippen LogP) is 6.42. The molecule has 0 saturated carbocycles. The van der Waals surface area contributed by atoms with Gasteiger partial charge in [0.1, 0.15) is 5.75 Å². The number of phenolic OH excluding ortho intramolecular Hbond substituents is 1. The highest BCUT2D eigenvalue weighted by atomic mass is 16.5. The van der Waals surface area contributed by atoms with Crippen LogP contribution < -0.4 is 29.0 Å². The molecule has 0 aliphatic carbocycles. The largest absolute Gasteiger partial charge is 0.504 e. The first-order chi connectivity index (χ1) is 21.9. The molecule has 4 aromatic carbocycles. The molecule has 0 aromatic heterocycles. The molecule has 236 valence electrons. The number of ether oxygens (including phenoxy) is 5. The second-order valence-electron chi connectivity index (χ2n) is 11.8. The van der Waals surface area contributed by atoms with Crippen LogP contribution in [-0.2, 0) is 25.7 Å². The number of methoxy groups -OCH3 is 4. The van der Waals surface area contributed by atoms with Crippen LogP contribution in [0.5, 0.6) is 40.2 Å². The summed E-state index contributed by atoms with van der Waals surface area (Å²) in [4.78, 5) is 2.40. The van der Waals surface area contributed by atoms with Crippen molar-refractivity contribution in [3.05, 3.63) is 100 Å². The molecule has 2 atom stereocenters. The lowest BCUT2D eigenvalue weighted by atomic mass is 9.88. The molecule has 0 radical (unpaired) electrons. The van der Waals surface area contributed by atoms with Gasteiger partial charge in [0.05, 0.1) is 28.4 Å². The molecule has 0 spiro atoms. The highest BCUT2D eigenvalue weighted by Gasteiger charge is 2.27. The Labute approximate surface area is 265 Å². The van der Waals surface area contributed by atoms with E-state index in [1.807, 2.05) is 24.3 Å². The Balaban J connectivity index is 1.17. The highest BCUT2D eigenvalue weighted by molar-refractivity contribution is 5.52. The van der Waals surface area contributed by atoms with Gasteiger partial charge in [0.2, 0.25) is 0 Å². The second-order valence-corrected chi connectivity index (χ2v) is 11.8. The fourth-order valence-corrected chi connectivity index (χ4v) is 6.62. The van der Waals surface area contributed by atoms with Gasteiger partial charge >= 0.3 is 0 Å². The summed E-state index contributed by atoms with van der Waals surface area (Å²) in [5, 5.41) is 14.3. The van der Waals surface area contributed by atoms with Crippen molar-refractivity contribution in [2.45, 2.75) is 37.8 Å². The molecule has 45 heavy (non-hydrogen) atoms. The minimum Gasteiger partial charge on any atom is -0.504 e. The quantitative estimate of drug-likeness (QED) is 0.213. The normalized spacial score (nSPS) is 17.6. The topological polar surface area (TPSA) is 81.7 Å². The SMILES string of the molecule is COc1cc2c(cc1OC)C(Cc1ccc(O)c(Oc3ccc(CC4c5cc(OC)c(OC)cc5CCN4C)cc3)c1)NCC2. The van der Waals surface area contributed by atoms with Gasteiger partial charge < -0.3 is 34.1 Å². The van der Waals surface area contributed by atoms with Gasteiger partial charge in [0.15, 0.2) is 34.5 Å². The van der Waals surface area contributed by atoms with Crippen LogP contribution in [0.1, 0.15) is 45.5 Å². The van der Waals surface area contributed by atoms with Gasteiger partial charge in [0.25, 0.3) is 0 Å². The zero-order valence-electron chi connectivity index (χ0n) is 26.7. The number of benzene rings is 4. The van der Waals surface area contributed by atoms with Gasteiger partial charge in [-0.3, -0.25) is 4.90 Å². The molecule has 0 fully saturated rings. The number of aromatic hydroxyl groups is 1. The number of hydrogen-bond donors (Lipinski definition) is 2. The predicted molar refractivity (Wildman–Crippen MR) is 175 cm³/mol. The molecule has 4 aromatic rings. The van der Waals surface area contributed by atoms with Crippen molar-refractivity contribution in [3.63, 3.8) is 0 Å². The Morgan fingerprint density at radius 2 is 1.29 bits per heavy atom. The average molecular weight is 611 g/mol. The summed E-state index contributed by atoms with van der Waals surface area (Å²) in [6.45, 7) is 1.86. The monoisotopic (exact) mass is 610 g/mol. The summed E-state index contributed by atoms with van der Waals surface area (Å²) < 4.78 is 28.5. The Morgan fingerprint density at radius 1 is 0.689 bits per heavy atom. The summed E-state index contributed by atoms with van der Waals surface area (Å²) in [6, 6.07) is 22.4. The number of fused-ring (bicyclic) bond motifs is 2. The second kappa shape index (κ2) is 13.3. The fourth-order valence-electron chi connectivity index (χ4n) is 6.62. The van der Waals surface area contributed by atoms with Crippen molar-refractivity contribution >= 4 is 0 Å². The molecule has 2 heterocycles. The van der Waals surface area contributed by atoms with Gasteiger partial charge in [-0.15, -0.1) is 0 Å². The summed E-state index contributed by atoms with van der Waals surface area (Å²) >= 11 is 0. The first-order valence-electron chi connectivity index (χ1n) is 15.4. The van der Waals surface area contributed by atoms with E-state index in [-0.39, 0.29) is 17.8 Å². The van der Waals surface area contributed by atoms with Crippen molar-refractivity contribution in [2.24, 2.45) is 0 Å². The van der Waals surface area contributed by atoms with Crippen LogP contribution in [0.25, 0.3) is 0 Å². The number of nitrogens with zero attached hydrogens (tertiary/aromatic N) is 1. The lowest BCUT2D eigenvalue weighted by Gasteiger charge is -2.35. The van der Waals surface area contributed by atoms with E-state index in [9.17, 15) is 5.11 Å². The number of rotatable bonds is 10. The Morgan fingerprint density at radius 3 is 1.96 bits per heavy atom. The van der Waals surface area contributed by atoms with E-state index in [1.165, 1.54) is 27.8 Å². The maximum atomic E-state index is 10.7. The van der Waals surface area contributed by atoms with E-state index in [2.05, 4.69) is 53.7 Å². The fraction of sp³-hybridized carbons (Fsp3) is 0.351. The van der Waals surface area contributed by atoms with E-state index in [4.69, 9.17) is 23.7 Å². The van der Waals surface area contributed by atoms with Gasteiger partial charge in [-0.05, 0) is 121 Å². The van der Waals surface area contributed by atoms with Crippen molar-refractivity contribution in [3.8, 4) is 40.2 Å². The highest BCUT2D eigenvalue weighted by Crippen LogP contribution is 2.40. The van der Waals surface area contributed by atoms with E-state index in [0.29, 0.717) is 11.5 Å². The molecule has 6 rings (SSSR count). The Kier molecular flexibility index (Phi) is 9.05. The standard InChI is InChI=1S/C37H42N2O6/c1-39-15-13-26-20-35(42-3)37(44-5)22-29(26)31(39)17-23-6-9-27(10-7-23)45-33-18-24(8-11-32(33)40)16-30-28-21-36(43-4)34(41-2)19-25(28)12-14-38-30/h6-11,18-22,30-31,38,40H,12-17H2,1-5H3. The van der Waals surface area contributed by atoms with Crippen LogP contribution in [-0.4, -0.2) is 58.6 Å².